The number of piperidine rings is 1. The summed E-state index contributed by atoms with van der Waals surface area (Å²) < 4.78 is 40.2. The van der Waals surface area contributed by atoms with Crippen molar-refractivity contribution in [3.05, 3.63) is 59.9 Å². The van der Waals surface area contributed by atoms with E-state index in [0.717, 1.165) is 25.9 Å². The molecule has 1 aliphatic rings. The number of anilines is 1. The van der Waals surface area contributed by atoms with Gasteiger partial charge in [0.2, 0.25) is 10.0 Å². The fourth-order valence-electron chi connectivity index (χ4n) is 3.24. The highest BCUT2D eigenvalue weighted by Gasteiger charge is 2.30. The predicted octanol–water partition coefficient (Wildman–Crippen LogP) is 2.79. The summed E-state index contributed by atoms with van der Waals surface area (Å²) >= 11 is 0. The van der Waals surface area contributed by atoms with Crippen LogP contribution in [0.4, 0.5) is 10.1 Å². The van der Waals surface area contributed by atoms with Crippen molar-refractivity contribution in [1.82, 2.24) is 9.21 Å². The van der Waals surface area contributed by atoms with Crippen LogP contribution >= 0.6 is 0 Å². The Labute approximate surface area is 165 Å². The normalized spacial score (nSPS) is 16.3. The Bertz CT molecular complexity index is 922. The number of hydrogen-bond donors (Lipinski definition) is 1. The fraction of sp³-hybridized carbons (Fsp3) is 0.350. The summed E-state index contributed by atoms with van der Waals surface area (Å²) in [7, 11) is 0.0542. The Morgan fingerprint density at radius 1 is 1.07 bits per heavy atom. The molecule has 2 aromatic carbocycles. The summed E-state index contributed by atoms with van der Waals surface area (Å²) in [4.78, 5) is 14.6. The number of sulfonamides is 1. The van der Waals surface area contributed by atoms with Gasteiger partial charge in [-0.1, -0.05) is 0 Å². The zero-order chi connectivity index (χ0) is 20.3. The van der Waals surface area contributed by atoms with Crippen molar-refractivity contribution < 1.29 is 17.6 Å². The highest BCUT2D eigenvalue weighted by atomic mass is 32.2. The molecule has 1 amide bonds. The van der Waals surface area contributed by atoms with Gasteiger partial charge in [0.25, 0.3) is 5.91 Å². The lowest BCUT2D eigenvalue weighted by atomic mass is 10.1. The molecule has 0 spiro atoms. The Balaban J connectivity index is 1.69. The Morgan fingerprint density at radius 3 is 2.21 bits per heavy atom. The highest BCUT2D eigenvalue weighted by molar-refractivity contribution is 7.89. The number of likely N-dealkylation sites (tertiary alicyclic amines) is 1. The van der Waals surface area contributed by atoms with Crippen LogP contribution in [-0.2, 0) is 10.0 Å². The lowest BCUT2D eigenvalue weighted by Crippen LogP contribution is -2.44. The van der Waals surface area contributed by atoms with Gasteiger partial charge in [-0.3, -0.25) is 4.79 Å². The molecule has 0 aromatic heterocycles. The first kappa shape index (κ1) is 20.4. The molecule has 2 aromatic rings. The van der Waals surface area contributed by atoms with Crippen LogP contribution in [0.3, 0.4) is 0 Å². The van der Waals surface area contributed by atoms with Gasteiger partial charge >= 0.3 is 0 Å². The molecule has 0 bridgehead atoms. The lowest BCUT2D eigenvalue weighted by Gasteiger charge is -2.34. The average molecular weight is 405 g/mol. The standard InChI is InChI=1S/C20H24FN3O3S/c1-23-13-11-18(12-14-23)24(2)28(26,27)19-9-7-17(8-10-19)22-20(25)15-3-5-16(21)6-4-15/h3-10,18H,11-14H2,1-2H3,(H,22,25). The van der Waals surface area contributed by atoms with E-state index in [1.165, 1.54) is 40.7 Å². The van der Waals surface area contributed by atoms with Crippen LogP contribution in [0.5, 0.6) is 0 Å². The summed E-state index contributed by atoms with van der Waals surface area (Å²) in [5.41, 5.74) is 0.787. The molecular formula is C20H24FN3O3S. The number of carbonyl (C=O) groups is 1. The SMILES string of the molecule is CN1CCC(N(C)S(=O)(=O)c2ccc(NC(=O)c3ccc(F)cc3)cc2)CC1. The van der Waals surface area contributed by atoms with Gasteiger partial charge in [-0.2, -0.15) is 4.31 Å². The van der Waals surface area contributed by atoms with E-state index in [-0.39, 0.29) is 16.8 Å². The lowest BCUT2D eigenvalue weighted by molar-refractivity contribution is 0.102. The third-order valence-corrected chi connectivity index (χ3v) is 7.02. The van der Waals surface area contributed by atoms with E-state index in [9.17, 15) is 17.6 Å². The van der Waals surface area contributed by atoms with Crippen molar-refractivity contribution in [2.75, 3.05) is 32.5 Å². The molecule has 150 valence electrons. The predicted molar refractivity (Wildman–Crippen MR) is 106 cm³/mol. The molecule has 0 radical (unpaired) electrons. The summed E-state index contributed by atoms with van der Waals surface area (Å²) in [6, 6.07) is 11.3. The molecule has 0 saturated carbocycles. The van der Waals surface area contributed by atoms with Crippen molar-refractivity contribution in [3.63, 3.8) is 0 Å². The van der Waals surface area contributed by atoms with E-state index in [1.54, 1.807) is 19.2 Å². The number of nitrogens with zero attached hydrogens (tertiary/aromatic N) is 2. The summed E-state index contributed by atoms with van der Waals surface area (Å²) in [5, 5.41) is 2.68. The van der Waals surface area contributed by atoms with Gasteiger partial charge in [-0.25, -0.2) is 12.8 Å². The average Bonchev–Trinajstić information content (AvgIpc) is 2.69. The van der Waals surface area contributed by atoms with Crippen LogP contribution in [0.25, 0.3) is 0 Å². The van der Waals surface area contributed by atoms with Crippen molar-refractivity contribution in [1.29, 1.82) is 0 Å². The van der Waals surface area contributed by atoms with Gasteiger partial charge in [-0.15, -0.1) is 0 Å². The molecule has 28 heavy (non-hydrogen) atoms. The molecule has 1 saturated heterocycles. The summed E-state index contributed by atoms with van der Waals surface area (Å²) in [6.45, 7) is 1.75. The molecule has 0 unspecified atom stereocenters. The van der Waals surface area contributed by atoms with Crippen LogP contribution in [0.1, 0.15) is 23.2 Å². The highest BCUT2D eigenvalue weighted by Crippen LogP contribution is 2.23. The molecule has 1 N–H and O–H groups in total. The molecule has 0 aliphatic carbocycles. The van der Waals surface area contributed by atoms with E-state index in [4.69, 9.17) is 0 Å². The number of nitrogens with one attached hydrogen (secondary N) is 1. The number of benzene rings is 2. The van der Waals surface area contributed by atoms with Gasteiger partial charge in [0.15, 0.2) is 0 Å². The number of rotatable bonds is 5. The number of carbonyl (C=O) groups excluding carboxylic acids is 1. The molecule has 1 fully saturated rings. The third-order valence-electron chi connectivity index (χ3n) is 5.10. The van der Waals surface area contributed by atoms with Crippen molar-refractivity contribution in [2.45, 2.75) is 23.8 Å². The van der Waals surface area contributed by atoms with E-state index in [0.29, 0.717) is 11.3 Å². The second-order valence-corrected chi connectivity index (χ2v) is 9.04. The van der Waals surface area contributed by atoms with Crippen LogP contribution < -0.4 is 5.32 Å². The van der Waals surface area contributed by atoms with Gasteiger partial charge in [0, 0.05) is 24.3 Å². The minimum atomic E-state index is -3.60. The second-order valence-electron chi connectivity index (χ2n) is 7.04. The zero-order valence-corrected chi connectivity index (χ0v) is 16.7. The van der Waals surface area contributed by atoms with Crippen LogP contribution in [0.15, 0.2) is 53.4 Å². The van der Waals surface area contributed by atoms with Crippen molar-refractivity contribution >= 4 is 21.6 Å². The molecule has 3 rings (SSSR count). The fourth-order valence-corrected chi connectivity index (χ4v) is 4.65. The molecule has 8 heteroatoms. The molecule has 1 aliphatic heterocycles. The maximum absolute atomic E-state index is 13.0. The smallest absolute Gasteiger partial charge is 0.255 e. The number of hydrogen-bond acceptors (Lipinski definition) is 4. The maximum atomic E-state index is 13.0. The first-order valence-corrected chi connectivity index (χ1v) is 10.5. The summed E-state index contributed by atoms with van der Waals surface area (Å²) in [6.07, 6.45) is 1.61. The van der Waals surface area contributed by atoms with Crippen molar-refractivity contribution in [2.24, 2.45) is 0 Å². The quantitative estimate of drug-likeness (QED) is 0.831. The van der Waals surface area contributed by atoms with Crippen molar-refractivity contribution in [3.8, 4) is 0 Å². The van der Waals surface area contributed by atoms with Gasteiger partial charge in [0.1, 0.15) is 5.82 Å². The van der Waals surface area contributed by atoms with Crippen LogP contribution in [-0.4, -0.2) is 56.8 Å². The summed E-state index contributed by atoms with van der Waals surface area (Å²) in [5.74, 6) is -0.807. The van der Waals surface area contributed by atoms with E-state index in [2.05, 4.69) is 10.2 Å². The Morgan fingerprint density at radius 2 is 1.64 bits per heavy atom. The van der Waals surface area contributed by atoms with Gasteiger partial charge in [0.05, 0.1) is 4.90 Å². The largest absolute Gasteiger partial charge is 0.322 e. The molecule has 0 atom stereocenters. The second kappa shape index (κ2) is 8.38. The molecule has 6 nitrogen and oxygen atoms in total. The zero-order valence-electron chi connectivity index (χ0n) is 15.9. The van der Waals surface area contributed by atoms with E-state index in [1.807, 2.05) is 7.05 Å². The number of amides is 1. The Kier molecular flexibility index (Phi) is 6.12. The van der Waals surface area contributed by atoms with Gasteiger partial charge in [-0.05, 0) is 81.5 Å². The van der Waals surface area contributed by atoms with Crippen LogP contribution in [0, 0.1) is 5.82 Å². The molecule has 1 heterocycles. The van der Waals surface area contributed by atoms with E-state index < -0.39 is 15.8 Å². The third kappa shape index (κ3) is 4.57. The van der Waals surface area contributed by atoms with E-state index >= 15 is 0 Å². The van der Waals surface area contributed by atoms with Crippen LogP contribution in [0.2, 0.25) is 0 Å². The number of halogens is 1. The first-order valence-electron chi connectivity index (χ1n) is 9.11. The van der Waals surface area contributed by atoms with Gasteiger partial charge < -0.3 is 10.2 Å². The first-order chi connectivity index (χ1) is 13.3. The monoisotopic (exact) mass is 405 g/mol. The topological polar surface area (TPSA) is 69.7 Å². The minimum Gasteiger partial charge on any atom is -0.322 e. The molecular weight excluding hydrogens is 381 g/mol. The maximum Gasteiger partial charge on any atom is 0.255 e. The Hall–Kier alpha value is -2.29. The minimum absolute atomic E-state index is 0.0148.